The average molecular weight is 435 g/mol. The predicted octanol–water partition coefficient (Wildman–Crippen LogP) is 5.84. The normalized spacial score (nSPS) is 11.5. The van der Waals surface area contributed by atoms with E-state index in [1.165, 1.54) is 11.1 Å². The number of hydrogen-bond acceptors (Lipinski definition) is 4. The Bertz CT molecular complexity index is 698. The van der Waals surface area contributed by atoms with Crippen LogP contribution in [0.3, 0.4) is 0 Å². The molecule has 166 valence electrons. The van der Waals surface area contributed by atoms with E-state index in [0.717, 1.165) is 30.9 Å². The van der Waals surface area contributed by atoms with Gasteiger partial charge in [-0.2, -0.15) is 0 Å². The number of rotatable bonds is 15. The number of hydrogen-bond donors (Lipinski definition) is 0. The number of halogens is 1. The van der Waals surface area contributed by atoms with Crippen molar-refractivity contribution >= 4 is 11.6 Å². The van der Waals surface area contributed by atoms with E-state index < -0.39 is 0 Å². The molecule has 2 aromatic rings. The van der Waals surface area contributed by atoms with Gasteiger partial charge in [-0.1, -0.05) is 45.0 Å². The first kappa shape index (κ1) is 24.5. The van der Waals surface area contributed by atoms with E-state index in [2.05, 4.69) is 45.0 Å². The monoisotopic (exact) mass is 434 g/mol. The van der Waals surface area contributed by atoms with Crippen molar-refractivity contribution in [1.82, 2.24) is 0 Å². The fourth-order valence-electron chi connectivity index (χ4n) is 3.03. The van der Waals surface area contributed by atoms with Crippen LogP contribution >= 0.6 is 11.6 Å². The number of alkyl halides is 1. The van der Waals surface area contributed by atoms with Gasteiger partial charge in [-0.25, -0.2) is 0 Å². The molecule has 0 aromatic heterocycles. The third-order valence-electron chi connectivity index (χ3n) is 4.92. The highest BCUT2D eigenvalue weighted by atomic mass is 35.5. The molecule has 0 N–H and O–H groups in total. The summed E-state index contributed by atoms with van der Waals surface area (Å²) < 4.78 is 22.4. The molecule has 0 atom stereocenters. The second-order valence-electron chi connectivity index (χ2n) is 7.64. The van der Waals surface area contributed by atoms with Gasteiger partial charge in [0.15, 0.2) is 0 Å². The zero-order valence-corrected chi connectivity index (χ0v) is 19.2. The lowest BCUT2D eigenvalue weighted by Crippen LogP contribution is -2.18. The average Bonchev–Trinajstić information content (AvgIpc) is 2.76. The summed E-state index contributed by atoms with van der Waals surface area (Å²) in [5, 5.41) is 0. The zero-order chi connectivity index (χ0) is 21.7. The molecular formula is C25H35ClO4. The van der Waals surface area contributed by atoms with Crippen LogP contribution < -0.4 is 9.47 Å². The van der Waals surface area contributed by atoms with Crippen molar-refractivity contribution in [3.8, 4) is 11.5 Å². The van der Waals surface area contributed by atoms with Gasteiger partial charge in [0.2, 0.25) is 0 Å². The van der Waals surface area contributed by atoms with Crippen LogP contribution in [0.5, 0.6) is 11.5 Å². The Labute approximate surface area is 186 Å². The summed E-state index contributed by atoms with van der Waals surface area (Å²) in [6.07, 6.45) is 1.88. The molecular weight excluding hydrogens is 400 g/mol. The minimum absolute atomic E-state index is 0.116. The Morgan fingerprint density at radius 2 is 1.13 bits per heavy atom. The van der Waals surface area contributed by atoms with Crippen LogP contribution in [0, 0.1) is 0 Å². The van der Waals surface area contributed by atoms with Crippen LogP contribution in [-0.2, 0) is 14.9 Å². The molecule has 0 aliphatic rings. The Kier molecular flexibility index (Phi) is 11.1. The zero-order valence-electron chi connectivity index (χ0n) is 18.5. The highest BCUT2D eigenvalue weighted by Crippen LogP contribution is 2.33. The van der Waals surface area contributed by atoms with E-state index >= 15 is 0 Å². The van der Waals surface area contributed by atoms with Crippen molar-refractivity contribution in [3.63, 3.8) is 0 Å². The minimum atomic E-state index is -0.116. The third-order valence-corrected chi connectivity index (χ3v) is 5.18. The second-order valence-corrected chi connectivity index (χ2v) is 8.02. The molecule has 0 unspecified atom stereocenters. The molecule has 0 saturated carbocycles. The smallest absolute Gasteiger partial charge is 0.119 e. The molecule has 0 saturated heterocycles. The van der Waals surface area contributed by atoms with E-state index in [9.17, 15) is 0 Å². The summed E-state index contributed by atoms with van der Waals surface area (Å²) in [5.74, 6) is 2.34. The Morgan fingerprint density at radius 1 is 0.667 bits per heavy atom. The predicted molar refractivity (Wildman–Crippen MR) is 123 cm³/mol. The van der Waals surface area contributed by atoms with Crippen LogP contribution in [0.15, 0.2) is 48.5 Å². The summed E-state index contributed by atoms with van der Waals surface area (Å²) >= 11 is 5.70. The van der Waals surface area contributed by atoms with Crippen LogP contribution in [0.1, 0.15) is 44.7 Å². The van der Waals surface area contributed by atoms with Crippen molar-refractivity contribution in [1.29, 1.82) is 0 Å². The molecule has 2 rings (SSSR count). The summed E-state index contributed by atoms with van der Waals surface area (Å²) in [5.41, 5.74) is 2.35. The largest absolute Gasteiger partial charge is 0.494 e. The molecule has 30 heavy (non-hydrogen) atoms. The van der Waals surface area contributed by atoms with E-state index in [-0.39, 0.29) is 5.41 Å². The molecule has 0 spiro atoms. The van der Waals surface area contributed by atoms with E-state index in [1.54, 1.807) is 0 Å². The quantitative estimate of drug-likeness (QED) is 0.260. The molecule has 0 aliphatic carbocycles. The summed E-state index contributed by atoms with van der Waals surface area (Å²) in [7, 11) is 0. The fraction of sp³-hybridized carbons (Fsp3) is 0.520. The van der Waals surface area contributed by atoms with Gasteiger partial charge in [0.1, 0.15) is 18.1 Å². The summed E-state index contributed by atoms with van der Waals surface area (Å²) in [6.45, 7) is 10.3. The van der Waals surface area contributed by atoms with Gasteiger partial charge in [-0.05, 0) is 48.2 Å². The number of ether oxygens (including phenoxy) is 4. The van der Waals surface area contributed by atoms with Gasteiger partial charge in [-0.15, -0.1) is 11.6 Å². The standard InChI is InChI=1S/C25H35ClO4/c1-4-15-27-17-18-28-19-20-30-24-12-8-22(9-13-24)25(2,3)21-6-10-23(11-7-21)29-16-5-14-26/h6-13H,4-5,14-20H2,1-3H3. The van der Waals surface area contributed by atoms with Crippen LogP contribution in [0.2, 0.25) is 0 Å². The molecule has 4 nitrogen and oxygen atoms in total. The highest BCUT2D eigenvalue weighted by Gasteiger charge is 2.23. The van der Waals surface area contributed by atoms with Gasteiger partial charge in [0, 0.05) is 17.9 Å². The van der Waals surface area contributed by atoms with Gasteiger partial charge in [0.25, 0.3) is 0 Å². The van der Waals surface area contributed by atoms with E-state index in [1.807, 2.05) is 24.3 Å². The van der Waals surface area contributed by atoms with Crippen molar-refractivity contribution in [2.75, 3.05) is 45.5 Å². The first-order valence-corrected chi connectivity index (χ1v) is 11.3. The SMILES string of the molecule is CCCOCCOCCOc1ccc(C(C)(C)c2ccc(OCCCCl)cc2)cc1. The van der Waals surface area contributed by atoms with Gasteiger partial charge >= 0.3 is 0 Å². The van der Waals surface area contributed by atoms with Gasteiger partial charge < -0.3 is 18.9 Å². The molecule has 0 radical (unpaired) electrons. The van der Waals surface area contributed by atoms with Crippen molar-refractivity contribution in [2.45, 2.75) is 39.0 Å². The lowest BCUT2D eigenvalue weighted by molar-refractivity contribution is 0.0366. The molecule has 0 bridgehead atoms. The molecule has 0 fully saturated rings. The maximum atomic E-state index is 5.78. The maximum Gasteiger partial charge on any atom is 0.119 e. The molecule has 0 amide bonds. The topological polar surface area (TPSA) is 36.9 Å². The maximum absolute atomic E-state index is 5.78. The van der Waals surface area contributed by atoms with Crippen LogP contribution in [0.4, 0.5) is 0 Å². The van der Waals surface area contributed by atoms with Crippen molar-refractivity contribution in [3.05, 3.63) is 59.7 Å². The van der Waals surface area contributed by atoms with E-state index in [0.29, 0.717) is 38.9 Å². The lowest BCUT2D eigenvalue weighted by Gasteiger charge is -2.26. The third kappa shape index (κ3) is 8.17. The minimum Gasteiger partial charge on any atom is -0.494 e. The Hall–Kier alpha value is -1.75. The summed E-state index contributed by atoms with van der Waals surface area (Å²) in [6, 6.07) is 16.6. The van der Waals surface area contributed by atoms with Gasteiger partial charge in [-0.3, -0.25) is 0 Å². The molecule has 0 aliphatic heterocycles. The molecule has 5 heteroatoms. The Morgan fingerprint density at radius 3 is 1.63 bits per heavy atom. The lowest BCUT2D eigenvalue weighted by atomic mass is 9.78. The van der Waals surface area contributed by atoms with Crippen molar-refractivity contribution < 1.29 is 18.9 Å². The first-order valence-electron chi connectivity index (χ1n) is 10.8. The molecule has 0 heterocycles. The van der Waals surface area contributed by atoms with Gasteiger partial charge in [0.05, 0.1) is 26.4 Å². The first-order chi connectivity index (χ1) is 14.6. The fourth-order valence-corrected chi connectivity index (χ4v) is 3.14. The Balaban J connectivity index is 1.81. The highest BCUT2D eigenvalue weighted by molar-refractivity contribution is 6.17. The van der Waals surface area contributed by atoms with Crippen molar-refractivity contribution in [2.24, 2.45) is 0 Å². The molecule has 2 aromatic carbocycles. The number of benzene rings is 2. The van der Waals surface area contributed by atoms with E-state index in [4.69, 9.17) is 30.5 Å². The summed E-state index contributed by atoms with van der Waals surface area (Å²) in [4.78, 5) is 0. The second kappa shape index (κ2) is 13.5. The van der Waals surface area contributed by atoms with Crippen LogP contribution in [0.25, 0.3) is 0 Å². The van der Waals surface area contributed by atoms with Crippen LogP contribution in [-0.4, -0.2) is 45.5 Å².